The molecule has 1 fully saturated rings. The van der Waals surface area contributed by atoms with E-state index in [4.69, 9.17) is 5.11 Å². The highest BCUT2D eigenvalue weighted by atomic mass is 35.5. The lowest BCUT2D eigenvalue weighted by molar-refractivity contribution is -0.138. The van der Waals surface area contributed by atoms with Gasteiger partial charge in [-0.2, -0.15) is 0 Å². The number of benzene rings is 2. The van der Waals surface area contributed by atoms with Crippen LogP contribution in [0.2, 0.25) is 0 Å². The van der Waals surface area contributed by atoms with Gasteiger partial charge in [0.15, 0.2) is 0 Å². The van der Waals surface area contributed by atoms with Crippen molar-refractivity contribution < 1.29 is 14.7 Å². The molecule has 2 unspecified atom stereocenters. The molecular formula is C23H32ClN3O3. The molecular weight excluding hydrogens is 402 g/mol. The SMILES string of the molecule is CC(NC(=O)CN1CCCC(N(C)CC(=O)O)CC1)c1cccc2ccccc12.Cl. The molecule has 3 rings (SSSR count). The van der Waals surface area contributed by atoms with E-state index in [0.29, 0.717) is 6.54 Å². The fourth-order valence-electron chi connectivity index (χ4n) is 4.28. The van der Waals surface area contributed by atoms with Crippen molar-refractivity contribution in [3.05, 3.63) is 48.0 Å². The zero-order valence-electron chi connectivity index (χ0n) is 17.7. The number of carbonyl (C=O) groups is 2. The number of halogens is 1. The van der Waals surface area contributed by atoms with Crippen LogP contribution in [-0.4, -0.2) is 66.1 Å². The normalized spacial score (nSPS) is 18.4. The Kier molecular flexibility index (Phi) is 9.08. The number of rotatable bonds is 7. The van der Waals surface area contributed by atoms with E-state index < -0.39 is 5.97 Å². The molecule has 164 valence electrons. The Labute approximate surface area is 184 Å². The Morgan fingerprint density at radius 3 is 2.67 bits per heavy atom. The van der Waals surface area contributed by atoms with Gasteiger partial charge in [0.05, 0.1) is 19.1 Å². The summed E-state index contributed by atoms with van der Waals surface area (Å²) < 4.78 is 0. The first-order chi connectivity index (χ1) is 13.9. The largest absolute Gasteiger partial charge is 0.480 e. The number of likely N-dealkylation sites (tertiary alicyclic amines) is 1. The minimum absolute atomic E-state index is 0. The second-order valence-corrected chi connectivity index (χ2v) is 8.03. The van der Waals surface area contributed by atoms with E-state index in [2.05, 4.69) is 34.5 Å². The Morgan fingerprint density at radius 2 is 1.90 bits per heavy atom. The smallest absolute Gasteiger partial charge is 0.317 e. The van der Waals surface area contributed by atoms with Crippen LogP contribution in [0.15, 0.2) is 42.5 Å². The van der Waals surface area contributed by atoms with Crippen LogP contribution in [0.5, 0.6) is 0 Å². The summed E-state index contributed by atoms with van der Waals surface area (Å²) in [6.07, 6.45) is 2.82. The van der Waals surface area contributed by atoms with Gasteiger partial charge in [0.25, 0.3) is 0 Å². The predicted molar refractivity (Wildman–Crippen MR) is 122 cm³/mol. The van der Waals surface area contributed by atoms with Gasteiger partial charge in [-0.1, -0.05) is 42.5 Å². The van der Waals surface area contributed by atoms with Crippen LogP contribution in [0.4, 0.5) is 0 Å². The first-order valence-corrected chi connectivity index (χ1v) is 10.4. The molecule has 30 heavy (non-hydrogen) atoms. The molecule has 1 aliphatic rings. The maximum Gasteiger partial charge on any atom is 0.317 e. The summed E-state index contributed by atoms with van der Waals surface area (Å²) >= 11 is 0. The number of carboxylic acids is 1. The lowest BCUT2D eigenvalue weighted by atomic mass is 10.00. The molecule has 2 aromatic carbocycles. The standard InChI is InChI=1S/C23H31N3O3.ClH/c1-17(20-11-5-8-18-7-3-4-10-21(18)20)24-22(27)15-26-13-6-9-19(12-14-26)25(2)16-23(28)29;/h3-5,7-8,10-11,17,19H,6,9,12-16H2,1-2H3,(H,24,27)(H,28,29);1H. The molecule has 0 spiro atoms. The van der Waals surface area contributed by atoms with E-state index in [1.165, 1.54) is 10.8 Å². The molecule has 0 radical (unpaired) electrons. The Hall–Kier alpha value is -2.15. The van der Waals surface area contributed by atoms with Crippen LogP contribution >= 0.6 is 12.4 Å². The molecule has 6 nitrogen and oxygen atoms in total. The zero-order valence-corrected chi connectivity index (χ0v) is 18.5. The summed E-state index contributed by atoms with van der Waals surface area (Å²) in [5.74, 6) is -0.766. The topological polar surface area (TPSA) is 72.9 Å². The number of amides is 1. The lowest BCUT2D eigenvalue weighted by Crippen LogP contribution is -2.40. The summed E-state index contributed by atoms with van der Waals surface area (Å²) in [6.45, 7) is 4.15. The van der Waals surface area contributed by atoms with Gasteiger partial charge in [0, 0.05) is 12.6 Å². The van der Waals surface area contributed by atoms with Crippen molar-refractivity contribution in [2.24, 2.45) is 0 Å². The van der Waals surface area contributed by atoms with E-state index in [-0.39, 0.29) is 36.9 Å². The molecule has 2 N–H and O–H groups in total. The Balaban J connectivity index is 0.00000320. The number of hydrogen-bond donors (Lipinski definition) is 2. The third-order valence-electron chi connectivity index (χ3n) is 5.83. The van der Waals surface area contributed by atoms with E-state index in [1.54, 1.807) is 0 Å². The predicted octanol–water partition coefficient (Wildman–Crippen LogP) is 3.31. The van der Waals surface area contributed by atoms with Crippen molar-refractivity contribution in [2.45, 2.75) is 38.3 Å². The number of carbonyl (C=O) groups excluding carboxylic acids is 1. The van der Waals surface area contributed by atoms with Crippen LogP contribution in [0.3, 0.4) is 0 Å². The molecule has 1 heterocycles. The molecule has 2 aromatic rings. The van der Waals surface area contributed by atoms with Gasteiger partial charge >= 0.3 is 5.97 Å². The van der Waals surface area contributed by atoms with Crippen LogP contribution in [-0.2, 0) is 9.59 Å². The van der Waals surface area contributed by atoms with Gasteiger partial charge in [-0.15, -0.1) is 12.4 Å². The zero-order chi connectivity index (χ0) is 20.8. The van der Waals surface area contributed by atoms with Crippen LogP contribution in [0.25, 0.3) is 10.8 Å². The van der Waals surface area contributed by atoms with Crippen molar-refractivity contribution in [1.82, 2.24) is 15.1 Å². The van der Waals surface area contributed by atoms with Crippen LogP contribution < -0.4 is 5.32 Å². The fraction of sp³-hybridized carbons (Fsp3) is 0.478. The first-order valence-electron chi connectivity index (χ1n) is 10.4. The molecule has 7 heteroatoms. The molecule has 0 aromatic heterocycles. The van der Waals surface area contributed by atoms with Gasteiger partial charge in [-0.05, 0) is 56.1 Å². The minimum Gasteiger partial charge on any atom is -0.480 e. The highest BCUT2D eigenvalue weighted by molar-refractivity contribution is 5.87. The average molecular weight is 434 g/mol. The minimum atomic E-state index is -0.796. The number of nitrogens with one attached hydrogen (secondary N) is 1. The van der Waals surface area contributed by atoms with E-state index in [0.717, 1.165) is 37.9 Å². The summed E-state index contributed by atoms with van der Waals surface area (Å²) in [7, 11) is 1.87. The van der Waals surface area contributed by atoms with Gasteiger partial charge in [0.2, 0.25) is 5.91 Å². The monoisotopic (exact) mass is 433 g/mol. The van der Waals surface area contributed by atoms with Gasteiger partial charge < -0.3 is 10.4 Å². The van der Waals surface area contributed by atoms with Crippen LogP contribution in [0, 0.1) is 0 Å². The number of likely N-dealkylation sites (N-methyl/N-ethyl adjacent to an activating group) is 1. The summed E-state index contributed by atoms with van der Waals surface area (Å²) in [4.78, 5) is 27.7. The van der Waals surface area contributed by atoms with E-state index in [9.17, 15) is 9.59 Å². The third-order valence-corrected chi connectivity index (χ3v) is 5.83. The number of carboxylic acid groups (broad SMARTS) is 1. The second kappa shape index (κ2) is 11.3. The fourth-order valence-corrected chi connectivity index (χ4v) is 4.28. The maximum atomic E-state index is 12.7. The summed E-state index contributed by atoms with van der Waals surface area (Å²) in [5.41, 5.74) is 1.13. The first kappa shape index (κ1) is 24.1. The molecule has 1 amide bonds. The Morgan fingerprint density at radius 1 is 1.17 bits per heavy atom. The Bertz CT molecular complexity index is 855. The van der Waals surface area contributed by atoms with E-state index in [1.807, 2.05) is 37.1 Å². The highest BCUT2D eigenvalue weighted by Crippen LogP contribution is 2.24. The highest BCUT2D eigenvalue weighted by Gasteiger charge is 2.23. The van der Waals surface area contributed by atoms with Crippen molar-refractivity contribution in [1.29, 1.82) is 0 Å². The molecule has 0 saturated carbocycles. The van der Waals surface area contributed by atoms with Gasteiger partial charge in [0.1, 0.15) is 0 Å². The third kappa shape index (κ3) is 6.42. The van der Waals surface area contributed by atoms with Crippen molar-refractivity contribution in [3.8, 4) is 0 Å². The number of nitrogens with zero attached hydrogens (tertiary/aromatic N) is 2. The van der Waals surface area contributed by atoms with Crippen molar-refractivity contribution >= 4 is 35.1 Å². The summed E-state index contributed by atoms with van der Waals surface area (Å²) in [6, 6.07) is 14.6. The average Bonchev–Trinajstić information content (AvgIpc) is 2.92. The molecule has 1 saturated heterocycles. The molecule has 1 aliphatic heterocycles. The second-order valence-electron chi connectivity index (χ2n) is 8.03. The maximum absolute atomic E-state index is 12.7. The number of fused-ring (bicyclic) bond motifs is 1. The van der Waals surface area contributed by atoms with Crippen molar-refractivity contribution in [2.75, 3.05) is 33.2 Å². The molecule has 0 aliphatic carbocycles. The van der Waals surface area contributed by atoms with Gasteiger partial charge in [-0.3, -0.25) is 19.4 Å². The lowest BCUT2D eigenvalue weighted by Gasteiger charge is -2.25. The summed E-state index contributed by atoms with van der Waals surface area (Å²) in [5, 5.41) is 14.5. The molecule has 0 bridgehead atoms. The molecule has 2 atom stereocenters. The number of hydrogen-bond acceptors (Lipinski definition) is 4. The van der Waals surface area contributed by atoms with E-state index >= 15 is 0 Å². The number of aliphatic carboxylic acids is 1. The van der Waals surface area contributed by atoms with Crippen molar-refractivity contribution in [3.63, 3.8) is 0 Å². The van der Waals surface area contributed by atoms with Crippen LogP contribution in [0.1, 0.15) is 37.8 Å². The van der Waals surface area contributed by atoms with Gasteiger partial charge in [-0.25, -0.2) is 0 Å². The quantitative estimate of drug-likeness (QED) is 0.700.